The van der Waals surface area contributed by atoms with Crippen LogP contribution < -0.4 is 10.5 Å². The molecule has 0 fully saturated rings. The van der Waals surface area contributed by atoms with Crippen LogP contribution in [0.3, 0.4) is 0 Å². The van der Waals surface area contributed by atoms with Crippen LogP contribution in [0.4, 0.5) is 5.69 Å². The second-order valence-electron chi connectivity index (χ2n) is 6.43. The number of fused-ring (bicyclic) bond motifs is 1. The fourth-order valence-electron chi connectivity index (χ4n) is 3.04. The maximum absolute atomic E-state index is 12.8. The molecule has 150 valence electrons. The molecule has 0 unspecified atom stereocenters. The monoisotopic (exact) mass is 414 g/mol. The molecule has 4 rings (SSSR count). The summed E-state index contributed by atoms with van der Waals surface area (Å²) in [5, 5.41) is 3.77. The quantitative estimate of drug-likeness (QED) is 0.515. The number of aryl methyl sites for hydroxylation is 2. The van der Waals surface area contributed by atoms with Gasteiger partial charge in [-0.25, -0.2) is 13.2 Å². The lowest BCUT2D eigenvalue weighted by atomic mass is 10.1. The van der Waals surface area contributed by atoms with E-state index in [2.05, 4.69) is 14.9 Å². The number of para-hydroxylation sites is 1. The van der Waals surface area contributed by atoms with Gasteiger partial charge in [0, 0.05) is 13.0 Å². The molecule has 0 saturated carbocycles. The number of rotatable bonds is 6. The molecule has 1 N–H and O–H groups in total. The van der Waals surface area contributed by atoms with Crippen molar-refractivity contribution < 1.29 is 17.4 Å². The minimum atomic E-state index is -3.86. The molecule has 4 aromatic rings. The molecule has 0 aliphatic rings. The second kappa shape index (κ2) is 7.21. The van der Waals surface area contributed by atoms with E-state index in [0.29, 0.717) is 29.3 Å². The number of anilines is 1. The van der Waals surface area contributed by atoms with Crippen molar-refractivity contribution in [1.82, 2.24) is 14.7 Å². The Bertz CT molecular complexity index is 1350. The Kier molecular flexibility index (Phi) is 4.71. The highest BCUT2D eigenvalue weighted by Gasteiger charge is 2.19. The Morgan fingerprint density at radius 3 is 2.69 bits per heavy atom. The second-order valence-corrected chi connectivity index (χ2v) is 8.11. The highest BCUT2D eigenvalue weighted by molar-refractivity contribution is 7.92. The molecule has 0 radical (unpaired) electrons. The van der Waals surface area contributed by atoms with Gasteiger partial charge in [0.1, 0.15) is 0 Å². The van der Waals surface area contributed by atoms with Gasteiger partial charge in [0.15, 0.2) is 11.4 Å². The summed E-state index contributed by atoms with van der Waals surface area (Å²) < 4.78 is 39.7. The minimum absolute atomic E-state index is 0.00721. The van der Waals surface area contributed by atoms with Crippen LogP contribution in [0.2, 0.25) is 0 Å². The molecule has 2 aromatic carbocycles. The van der Waals surface area contributed by atoms with Crippen molar-refractivity contribution in [2.75, 3.05) is 4.72 Å². The number of sulfonamides is 1. The van der Waals surface area contributed by atoms with Crippen LogP contribution in [0.25, 0.3) is 11.1 Å². The normalized spacial score (nSPS) is 11.8. The Morgan fingerprint density at radius 1 is 1.17 bits per heavy atom. The number of nitrogens with zero attached hydrogens (tertiary/aromatic N) is 3. The average Bonchev–Trinajstić information content (AvgIpc) is 3.24. The van der Waals surface area contributed by atoms with Crippen LogP contribution in [-0.2, 0) is 23.0 Å². The zero-order valence-corrected chi connectivity index (χ0v) is 16.6. The zero-order valence-electron chi connectivity index (χ0n) is 15.7. The standard InChI is InChI=1S/C19H18N4O5S/c1-3-13-6-4-5-7-15(13)22-29(25,26)14-8-9-16-17(10-14)27-19(24)23(16)11-18-20-12(2)28-21-18/h4-10,22H,3,11H2,1-2H3. The van der Waals surface area contributed by atoms with Crippen molar-refractivity contribution in [1.29, 1.82) is 0 Å². The van der Waals surface area contributed by atoms with Crippen molar-refractivity contribution in [3.63, 3.8) is 0 Å². The molecule has 0 atom stereocenters. The van der Waals surface area contributed by atoms with E-state index in [0.717, 1.165) is 5.56 Å². The molecule has 0 bridgehead atoms. The maximum atomic E-state index is 12.8. The molecule has 2 aromatic heterocycles. The van der Waals surface area contributed by atoms with Gasteiger partial charge in [0.25, 0.3) is 10.0 Å². The van der Waals surface area contributed by atoms with Crippen molar-refractivity contribution in [2.24, 2.45) is 0 Å². The molecular formula is C19H18N4O5S. The Morgan fingerprint density at radius 2 is 1.97 bits per heavy atom. The lowest BCUT2D eigenvalue weighted by Gasteiger charge is -2.11. The number of hydrogen-bond donors (Lipinski definition) is 1. The molecule has 0 spiro atoms. The molecule has 0 saturated heterocycles. The SMILES string of the molecule is CCc1ccccc1NS(=O)(=O)c1ccc2c(c1)oc(=O)n2Cc1noc(C)n1. The molecule has 0 aliphatic carbocycles. The third-order valence-electron chi connectivity index (χ3n) is 4.46. The highest BCUT2D eigenvalue weighted by atomic mass is 32.2. The van der Waals surface area contributed by atoms with Gasteiger partial charge in [-0.2, -0.15) is 4.98 Å². The number of aromatic nitrogens is 3. The van der Waals surface area contributed by atoms with Crippen LogP contribution in [-0.4, -0.2) is 23.1 Å². The van der Waals surface area contributed by atoms with Gasteiger partial charge in [-0.05, 0) is 30.2 Å². The van der Waals surface area contributed by atoms with Gasteiger partial charge in [-0.15, -0.1) is 0 Å². The minimum Gasteiger partial charge on any atom is -0.408 e. The van der Waals surface area contributed by atoms with E-state index in [1.807, 2.05) is 19.1 Å². The Hall–Kier alpha value is -3.40. The molecule has 9 nitrogen and oxygen atoms in total. The fourth-order valence-corrected chi connectivity index (χ4v) is 4.16. The van der Waals surface area contributed by atoms with Crippen molar-refractivity contribution in [3.8, 4) is 0 Å². The summed E-state index contributed by atoms with van der Waals surface area (Å²) in [4.78, 5) is 16.3. The third-order valence-corrected chi connectivity index (χ3v) is 5.82. The number of nitrogens with one attached hydrogen (secondary N) is 1. The molecule has 10 heteroatoms. The van der Waals surface area contributed by atoms with Gasteiger partial charge in [0.2, 0.25) is 5.89 Å². The topological polar surface area (TPSA) is 120 Å². The summed E-state index contributed by atoms with van der Waals surface area (Å²) in [6.45, 7) is 3.65. The largest absolute Gasteiger partial charge is 0.420 e. The molecule has 2 heterocycles. The summed E-state index contributed by atoms with van der Waals surface area (Å²) in [6.07, 6.45) is 0.686. The lowest BCUT2D eigenvalue weighted by Crippen LogP contribution is -2.16. The van der Waals surface area contributed by atoms with Crippen molar-refractivity contribution >= 4 is 26.8 Å². The highest BCUT2D eigenvalue weighted by Crippen LogP contribution is 2.23. The fraction of sp³-hybridized carbons (Fsp3) is 0.211. The van der Waals surface area contributed by atoms with E-state index < -0.39 is 15.8 Å². The number of benzene rings is 2. The zero-order chi connectivity index (χ0) is 20.6. The first kappa shape index (κ1) is 18.9. The summed E-state index contributed by atoms with van der Waals surface area (Å²) in [5.41, 5.74) is 1.99. The first-order valence-electron chi connectivity index (χ1n) is 8.90. The van der Waals surface area contributed by atoms with E-state index in [1.165, 1.54) is 22.8 Å². The van der Waals surface area contributed by atoms with Gasteiger partial charge in [-0.1, -0.05) is 30.3 Å². The summed E-state index contributed by atoms with van der Waals surface area (Å²) in [6, 6.07) is 11.5. The van der Waals surface area contributed by atoms with Gasteiger partial charge in [0.05, 0.1) is 22.6 Å². The predicted octanol–water partition coefficient (Wildman–Crippen LogP) is 2.70. The predicted molar refractivity (Wildman–Crippen MR) is 105 cm³/mol. The Labute approximate surface area is 166 Å². The molecular weight excluding hydrogens is 396 g/mol. The van der Waals surface area contributed by atoms with E-state index in [-0.39, 0.29) is 17.0 Å². The maximum Gasteiger partial charge on any atom is 0.420 e. The van der Waals surface area contributed by atoms with Crippen molar-refractivity contribution in [2.45, 2.75) is 31.7 Å². The van der Waals surface area contributed by atoms with Gasteiger partial charge >= 0.3 is 5.76 Å². The van der Waals surface area contributed by atoms with E-state index >= 15 is 0 Å². The first-order chi connectivity index (χ1) is 13.9. The lowest BCUT2D eigenvalue weighted by molar-refractivity contribution is 0.385. The Balaban J connectivity index is 1.69. The van der Waals surface area contributed by atoms with E-state index in [9.17, 15) is 13.2 Å². The van der Waals surface area contributed by atoms with E-state index in [1.54, 1.807) is 19.1 Å². The smallest absolute Gasteiger partial charge is 0.408 e. The molecule has 0 amide bonds. The third kappa shape index (κ3) is 3.66. The molecule has 0 aliphatic heterocycles. The van der Waals surface area contributed by atoms with Gasteiger partial charge < -0.3 is 8.94 Å². The first-order valence-corrected chi connectivity index (χ1v) is 10.4. The van der Waals surface area contributed by atoms with Crippen molar-refractivity contribution in [3.05, 3.63) is 70.3 Å². The summed E-state index contributed by atoms with van der Waals surface area (Å²) >= 11 is 0. The molecule has 29 heavy (non-hydrogen) atoms. The van der Waals surface area contributed by atoms with Crippen LogP contribution in [0.1, 0.15) is 24.2 Å². The number of oxazole rings is 1. The summed E-state index contributed by atoms with van der Waals surface area (Å²) in [5.74, 6) is 0.0655. The summed E-state index contributed by atoms with van der Waals surface area (Å²) in [7, 11) is -3.86. The van der Waals surface area contributed by atoms with Gasteiger partial charge in [-0.3, -0.25) is 9.29 Å². The van der Waals surface area contributed by atoms with E-state index in [4.69, 9.17) is 8.94 Å². The van der Waals surface area contributed by atoms with Crippen LogP contribution >= 0.6 is 0 Å². The van der Waals surface area contributed by atoms with Crippen LogP contribution in [0.15, 0.2) is 61.1 Å². The number of hydrogen-bond acceptors (Lipinski definition) is 7. The van der Waals surface area contributed by atoms with Crippen LogP contribution in [0.5, 0.6) is 0 Å². The van der Waals surface area contributed by atoms with Crippen LogP contribution in [0, 0.1) is 6.92 Å². The average molecular weight is 414 g/mol.